The van der Waals surface area contributed by atoms with Crippen molar-refractivity contribution in [2.75, 3.05) is 19.8 Å². The van der Waals surface area contributed by atoms with Gasteiger partial charge in [0.25, 0.3) is 5.91 Å². The second kappa shape index (κ2) is 10.4. The standard InChI is InChI=1S/C21H26FNO3/c1-16(2)17-5-9-20(10-6-17)26-15-21(24)23-13-3-4-14-25-19-11-7-18(22)8-12-19/h5-12,16H,3-4,13-15H2,1-2H3,(H,23,24). The molecular formula is C21H26FNO3. The highest BCUT2D eigenvalue weighted by Crippen LogP contribution is 2.18. The second-order valence-corrected chi connectivity index (χ2v) is 6.37. The van der Waals surface area contributed by atoms with Gasteiger partial charge in [-0.2, -0.15) is 0 Å². The Labute approximate surface area is 154 Å². The van der Waals surface area contributed by atoms with E-state index in [0.29, 0.717) is 30.6 Å². The van der Waals surface area contributed by atoms with Crippen LogP contribution in [0.1, 0.15) is 38.2 Å². The van der Waals surface area contributed by atoms with Crippen molar-refractivity contribution in [1.29, 1.82) is 0 Å². The number of amides is 1. The molecule has 0 aliphatic heterocycles. The zero-order valence-corrected chi connectivity index (χ0v) is 15.3. The van der Waals surface area contributed by atoms with E-state index in [4.69, 9.17) is 9.47 Å². The Morgan fingerprint density at radius 1 is 0.962 bits per heavy atom. The van der Waals surface area contributed by atoms with Crippen molar-refractivity contribution in [2.45, 2.75) is 32.6 Å². The smallest absolute Gasteiger partial charge is 0.257 e. The van der Waals surface area contributed by atoms with Gasteiger partial charge in [-0.25, -0.2) is 4.39 Å². The van der Waals surface area contributed by atoms with Gasteiger partial charge in [-0.15, -0.1) is 0 Å². The van der Waals surface area contributed by atoms with Crippen LogP contribution in [-0.2, 0) is 4.79 Å². The Morgan fingerprint density at radius 2 is 1.58 bits per heavy atom. The summed E-state index contributed by atoms with van der Waals surface area (Å²) in [5.74, 6) is 1.39. The van der Waals surface area contributed by atoms with Crippen LogP contribution in [0.3, 0.4) is 0 Å². The Balaban J connectivity index is 1.54. The van der Waals surface area contributed by atoms with E-state index in [1.54, 1.807) is 12.1 Å². The van der Waals surface area contributed by atoms with Gasteiger partial charge in [0.1, 0.15) is 17.3 Å². The average molecular weight is 359 g/mol. The molecule has 0 aliphatic rings. The molecule has 0 fully saturated rings. The molecule has 0 spiro atoms. The summed E-state index contributed by atoms with van der Waals surface area (Å²) in [7, 11) is 0. The summed E-state index contributed by atoms with van der Waals surface area (Å²) in [4.78, 5) is 11.8. The van der Waals surface area contributed by atoms with Crippen LogP contribution in [0.4, 0.5) is 4.39 Å². The molecule has 1 N–H and O–H groups in total. The zero-order chi connectivity index (χ0) is 18.8. The number of halogens is 1. The maximum absolute atomic E-state index is 12.8. The molecular weight excluding hydrogens is 333 g/mol. The number of unbranched alkanes of at least 4 members (excludes halogenated alkanes) is 1. The van der Waals surface area contributed by atoms with Crippen LogP contribution in [0.2, 0.25) is 0 Å². The molecule has 5 heteroatoms. The maximum Gasteiger partial charge on any atom is 0.257 e. The quantitative estimate of drug-likeness (QED) is 0.643. The predicted octanol–water partition coefficient (Wildman–Crippen LogP) is 4.30. The lowest BCUT2D eigenvalue weighted by Crippen LogP contribution is -2.29. The van der Waals surface area contributed by atoms with Crippen molar-refractivity contribution in [3.8, 4) is 11.5 Å². The monoisotopic (exact) mass is 359 g/mol. The van der Waals surface area contributed by atoms with Gasteiger partial charge in [-0.3, -0.25) is 4.79 Å². The maximum atomic E-state index is 12.8. The number of benzene rings is 2. The Morgan fingerprint density at radius 3 is 2.23 bits per heavy atom. The van der Waals surface area contributed by atoms with E-state index in [0.717, 1.165) is 12.8 Å². The number of hydrogen-bond acceptors (Lipinski definition) is 3. The van der Waals surface area contributed by atoms with Gasteiger partial charge in [0, 0.05) is 6.54 Å². The molecule has 0 aliphatic carbocycles. The number of nitrogens with one attached hydrogen (secondary N) is 1. The lowest BCUT2D eigenvalue weighted by molar-refractivity contribution is -0.123. The van der Waals surface area contributed by atoms with Crippen LogP contribution in [0.25, 0.3) is 0 Å². The summed E-state index contributed by atoms with van der Waals surface area (Å²) in [5.41, 5.74) is 1.24. The van der Waals surface area contributed by atoms with E-state index >= 15 is 0 Å². The van der Waals surface area contributed by atoms with Crippen molar-refractivity contribution < 1.29 is 18.7 Å². The van der Waals surface area contributed by atoms with Crippen LogP contribution in [0, 0.1) is 5.82 Å². The highest BCUT2D eigenvalue weighted by Gasteiger charge is 2.04. The summed E-state index contributed by atoms with van der Waals surface area (Å²) in [6.07, 6.45) is 1.60. The first-order chi connectivity index (χ1) is 12.5. The SMILES string of the molecule is CC(C)c1ccc(OCC(=O)NCCCCOc2ccc(F)cc2)cc1. The van der Waals surface area contributed by atoms with Crippen molar-refractivity contribution in [3.63, 3.8) is 0 Å². The number of ether oxygens (including phenoxy) is 2. The molecule has 26 heavy (non-hydrogen) atoms. The third-order valence-electron chi connectivity index (χ3n) is 3.89. The molecule has 2 aromatic rings. The Kier molecular flexibility index (Phi) is 7.93. The topological polar surface area (TPSA) is 47.6 Å². The summed E-state index contributed by atoms with van der Waals surface area (Å²) in [5, 5.41) is 2.82. The molecule has 0 saturated heterocycles. The molecule has 4 nitrogen and oxygen atoms in total. The summed E-state index contributed by atoms with van der Waals surface area (Å²) in [6, 6.07) is 13.7. The van der Waals surface area contributed by atoms with E-state index in [1.165, 1.54) is 17.7 Å². The summed E-state index contributed by atoms with van der Waals surface area (Å²) < 4.78 is 23.7. The van der Waals surface area contributed by atoms with Crippen molar-refractivity contribution in [2.24, 2.45) is 0 Å². The summed E-state index contributed by atoms with van der Waals surface area (Å²) >= 11 is 0. The summed E-state index contributed by atoms with van der Waals surface area (Å²) in [6.45, 7) is 5.37. The molecule has 0 bridgehead atoms. The molecule has 0 heterocycles. The van der Waals surface area contributed by atoms with Crippen LogP contribution in [0.15, 0.2) is 48.5 Å². The fourth-order valence-corrected chi connectivity index (χ4v) is 2.32. The van der Waals surface area contributed by atoms with Crippen molar-refractivity contribution >= 4 is 5.91 Å². The van der Waals surface area contributed by atoms with Gasteiger partial charge in [-0.1, -0.05) is 26.0 Å². The Hall–Kier alpha value is -2.56. The van der Waals surface area contributed by atoms with Crippen molar-refractivity contribution in [3.05, 3.63) is 59.9 Å². The first-order valence-corrected chi connectivity index (χ1v) is 8.92. The average Bonchev–Trinajstić information content (AvgIpc) is 2.64. The number of hydrogen-bond donors (Lipinski definition) is 1. The highest BCUT2D eigenvalue weighted by molar-refractivity contribution is 5.77. The molecule has 0 saturated carbocycles. The lowest BCUT2D eigenvalue weighted by Gasteiger charge is -2.10. The van der Waals surface area contributed by atoms with Gasteiger partial charge in [0.2, 0.25) is 0 Å². The molecule has 1 amide bonds. The van der Waals surface area contributed by atoms with E-state index in [2.05, 4.69) is 19.2 Å². The lowest BCUT2D eigenvalue weighted by atomic mass is 10.0. The molecule has 2 rings (SSSR count). The van der Waals surface area contributed by atoms with Crippen molar-refractivity contribution in [1.82, 2.24) is 5.32 Å². The van der Waals surface area contributed by atoms with E-state index in [1.807, 2.05) is 24.3 Å². The second-order valence-electron chi connectivity index (χ2n) is 6.37. The first-order valence-electron chi connectivity index (χ1n) is 8.92. The number of carbonyl (C=O) groups excluding carboxylic acids is 1. The van der Waals surface area contributed by atoms with Gasteiger partial charge < -0.3 is 14.8 Å². The minimum absolute atomic E-state index is 0.00705. The minimum atomic E-state index is -0.279. The number of carbonyl (C=O) groups is 1. The number of rotatable bonds is 10. The fraction of sp³-hybridized carbons (Fsp3) is 0.381. The normalized spacial score (nSPS) is 10.6. The molecule has 0 radical (unpaired) electrons. The first kappa shape index (κ1) is 19.8. The van der Waals surface area contributed by atoms with Gasteiger partial charge in [-0.05, 0) is 60.7 Å². The molecule has 0 unspecified atom stereocenters. The fourth-order valence-electron chi connectivity index (χ4n) is 2.32. The zero-order valence-electron chi connectivity index (χ0n) is 15.3. The minimum Gasteiger partial charge on any atom is -0.494 e. The molecule has 140 valence electrons. The molecule has 2 aromatic carbocycles. The van der Waals surface area contributed by atoms with E-state index < -0.39 is 0 Å². The van der Waals surface area contributed by atoms with Crippen LogP contribution in [-0.4, -0.2) is 25.7 Å². The van der Waals surface area contributed by atoms with E-state index in [9.17, 15) is 9.18 Å². The van der Waals surface area contributed by atoms with E-state index in [-0.39, 0.29) is 18.3 Å². The highest BCUT2D eigenvalue weighted by atomic mass is 19.1. The third-order valence-corrected chi connectivity index (χ3v) is 3.89. The van der Waals surface area contributed by atoms with Gasteiger partial charge in [0.15, 0.2) is 6.61 Å². The predicted molar refractivity (Wildman–Crippen MR) is 100 cm³/mol. The third kappa shape index (κ3) is 7.13. The van der Waals surface area contributed by atoms with Crippen LogP contribution < -0.4 is 14.8 Å². The largest absolute Gasteiger partial charge is 0.494 e. The van der Waals surface area contributed by atoms with Gasteiger partial charge in [0.05, 0.1) is 6.61 Å². The van der Waals surface area contributed by atoms with Gasteiger partial charge >= 0.3 is 0 Å². The molecule has 0 aromatic heterocycles. The molecule has 0 atom stereocenters. The van der Waals surface area contributed by atoms with Crippen LogP contribution in [0.5, 0.6) is 11.5 Å². The van der Waals surface area contributed by atoms with Crippen LogP contribution >= 0.6 is 0 Å². The Bertz CT molecular complexity index is 669.